The zero-order valence-electron chi connectivity index (χ0n) is 16.0. The summed E-state index contributed by atoms with van der Waals surface area (Å²) in [6, 6.07) is 3.35. The van der Waals surface area contributed by atoms with Gasteiger partial charge in [-0.3, -0.25) is 9.32 Å². The first kappa shape index (κ1) is 21.2. The lowest BCUT2D eigenvalue weighted by Crippen LogP contribution is -2.46. The van der Waals surface area contributed by atoms with Crippen molar-refractivity contribution in [1.29, 1.82) is 0 Å². The number of benzene rings is 1. The zero-order chi connectivity index (χ0) is 21.8. The van der Waals surface area contributed by atoms with E-state index < -0.39 is 11.6 Å². The van der Waals surface area contributed by atoms with Crippen LogP contribution in [0.15, 0.2) is 32.1 Å². The third kappa shape index (κ3) is 4.65. The lowest BCUT2D eigenvalue weighted by molar-refractivity contribution is -0.124. The van der Waals surface area contributed by atoms with E-state index in [9.17, 15) is 14.0 Å². The summed E-state index contributed by atoms with van der Waals surface area (Å²) in [4.78, 5) is 24.3. The molecule has 1 aliphatic rings. The van der Waals surface area contributed by atoms with Crippen LogP contribution in [0.1, 0.15) is 12.8 Å². The van der Waals surface area contributed by atoms with Gasteiger partial charge in [0.25, 0.3) is 5.88 Å². The molecule has 0 saturated carbocycles. The fourth-order valence-corrected chi connectivity index (χ4v) is 3.20. The maximum absolute atomic E-state index is 13.5. The van der Waals surface area contributed by atoms with E-state index in [1.54, 1.807) is 0 Å². The molecule has 3 aromatic rings. The number of halogens is 2. The van der Waals surface area contributed by atoms with Crippen molar-refractivity contribution < 1.29 is 27.8 Å². The molecule has 1 aromatic carbocycles. The molecule has 3 heterocycles. The van der Waals surface area contributed by atoms with Crippen LogP contribution >= 0.6 is 11.6 Å². The van der Waals surface area contributed by atoms with E-state index in [1.165, 1.54) is 12.1 Å². The Morgan fingerprint density at radius 1 is 1.35 bits per heavy atom. The van der Waals surface area contributed by atoms with E-state index in [0.717, 1.165) is 10.6 Å². The van der Waals surface area contributed by atoms with Gasteiger partial charge in [0, 0.05) is 13.0 Å². The second-order valence-electron chi connectivity index (χ2n) is 6.62. The Bertz CT molecular complexity index is 1120. The van der Waals surface area contributed by atoms with Crippen LogP contribution < -0.4 is 15.8 Å². The minimum Gasteiger partial charge on any atom is -0.474 e. The average molecular weight is 454 g/mol. The van der Waals surface area contributed by atoms with Crippen LogP contribution in [0.4, 0.5) is 4.39 Å². The van der Waals surface area contributed by atoms with Crippen LogP contribution in [0, 0.1) is 5.82 Å². The number of Topliss-reactive ketones (excluding diaryl/α,β-unsaturated/α-hetero) is 1. The van der Waals surface area contributed by atoms with Gasteiger partial charge in [-0.15, -0.1) is 0 Å². The molecule has 4 rings (SSSR count). The van der Waals surface area contributed by atoms with E-state index in [0.29, 0.717) is 26.2 Å². The summed E-state index contributed by atoms with van der Waals surface area (Å²) < 4.78 is 34.8. The predicted octanol–water partition coefficient (Wildman–Crippen LogP) is 1.38. The van der Waals surface area contributed by atoms with Crippen molar-refractivity contribution in [1.82, 2.24) is 25.4 Å². The second kappa shape index (κ2) is 9.37. The van der Waals surface area contributed by atoms with Gasteiger partial charge in [-0.1, -0.05) is 16.8 Å². The molecule has 13 heteroatoms. The Kier molecular flexibility index (Phi) is 6.39. The first-order chi connectivity index (χ1) is 15.0. The number of morpholine rings is 1. The summed E-state index contributed by atoms with van der Waals surface area (Å²) in [7, 11) is 0. The average Bonchev–Trinajstić information content (AvgIpc) is 3.39. The highest BCUT2D eigenvalue weighted by atomic mass is 35.5. The van der Waals surface area contributed by atoms with Gasteiger partial charge in [0.2, 0.25) is 11.5 Å². The molecule has 2 aromatic heterocycles. The number of hydrogen-bond donors (Lipinski definition) is 1. The van der Waals surface area contributed by atoms with Gasteiger partial charge in [0.15, 0.2) is 5.78 Å². The topological polar surface area (TPSA) is 135 Å². The van der Waals surface area contributed by atoms with Crippen LogP contribution in [0.2, 0.25) is 5.02 Å². The van der Waals surface area contributed by atoms with Crippen molar-refractivity contribution in [3.8, 4) is 23.1 Å². The molecule has 1 saturated heterocycles. The molecule has 31 heavy (non-hydrogen) atoms. The number of carbonyl (C=O) groups is 1. The van der Waals surface area contributed by atoms with Crippen molar-refractivity contribution in [2.24, 2.45) is 0 Å². The Hall–Kier alpha value is -3.09. The summed E-state index contributed by atoms with van der Waals surface area (Å²) >= 11 is 5.81. The summed E-state index contributed by atoms with van der Waals surface area (Å²) in [5, 5.41) is 14.0. The molecule has 1 aliphatic heterocycles. The van der Waals surface area contributed by atoms with E-state index in [1.807, 2.05) is 0 Å². The van der Waals surface area contributed by atoms with Crippen molar-refractivity contribution in [3.05, 3.63) is 39.6 Å². The minimum absolute atomic E-state index is 0.0000267. The van der Waals surface area contributed by atoms with Gasteiger partial charge in [-0.05, 0) is 34.9 Å². The van der Waals surface area contributed by atoms with Crippen molar-refractivity contribution in [2.45, 2.75) is 18.9 Å². The lowest BCUT2D eigenvalue weighted by Gasteiger charge is -2.22. The number of hydrogen-bond acceptors (Lipinski definition) is 10. The number of nitrogens with one attached hydrogen (secondary N) is 1. The molecular weight excluding hydrogens is 437 g/mol. The molecule has 0 spiro atoms. The van der Waals surface area contributed by atoms with Gasteiger partial charge in [-0.25, -0.2) is 18.4 Å². The lowest BCUT2D eigenvalue weighted by atomic mass is 10.1. The maximum atomic E-state index is 13.5. The van der Waals surface area contributed by atoms with E-state index in [2.05, 4.69) is 20.8 Å². The summed E-state index contributed by atoms with van der Waals surface area (Å²) in [6.45, 7) is 1.73. The number of nitrogens with zero attached hydrogens (tertiary/aromatic N) is 4. The molecule has 0 bridgehead atoms. The third-order valence-corrected chi connectivity index (χ3v) is 4.84. The Balaban J connectivity index is 1.45. The van der Waals surface area contributed by atoms with E-state index in [-0.39, 0.29) is 53.0 Å². The molecule has 1 atom stereocenters. The Morgan fingerprint density at radius 3 is 3.00 bits per heavy atom. The highest BCUT2D eigenvalue weighted by molar-refractivity contribution is 6.30. The number of carbonyl (C=O) groups excluding carboxylic acids is 1. The van der Waals surface area contributed by atoms with Crippen molar-refractivity contribution in [3.63, 3.8) is 0 Å². The quantitative estimate of drug-likeness (QED) is 0.498. The molecule has 0 aliphatic carbocycles. The number of ether oxygens (including phenoxy) is 2. The van der Waals surface area contributed by atoms with Gasteiger partial charge in [0.1, 0.15) is 5.82 Å². The van der Waals surface area contributed by atoms with Crippen molar-refractivity contribution in [2.75, 3.05) is 26.4 Å². The molecule has 164 valence electrons. The summed E-state index contributed by atoms with van der Waals surface area (Å²) in [6.07, 6.45) is 0.701. The fraction of sp³-hybridized carbons (Fsp3) is 0.389. The standard InChI is InChI=1S/C18H17ClFN5O6/c19-11-8-10(3-4-12(11)20)25-16(23-30-18(25)27)15-17(24-31-22-15)29-6-1-2-14(26)13-9-28-7-5-21-13/h3-4,8,13,21H,1-2,5-7,9H2. The summed E-state index contributed by atoms with van der Waals surface area (Å²) in [5.41, 5.74) is 0.203. The molecule has 0 amide bonds. The van der Waals surface area contributed by atoms with E-state index >= 15 is 0 Å². The molecule has 1 unspecified atom stereocenters. The van der Waals surface area contributed by atoms with Crippen LogP contribution in [0.25, 0.3) is 17.2 Å². The smallest absolute Gasteiger partial charge is 0.446 e. The molecule has 0 radical (unpaired) electrons. The SMILES string of the molecule is O=C(CCCOc1nonc1-c1noc(=O)n1-c1ccc(F)c(Cl)c1)C1COCCN1. The van der Waals surface area contributed by atoms with Crippen molar-refractivity contribution >= 4 is 17.4 Å². The molecule has 1 fully saturated rings. The highest BCUT2D eigenvalue weighted by Gasteiger charge is 2.25. The highest BCUT2D eigenvalue weighted by Crippen LogP contribution is 2.27. The molecule has 1 N–H and O–H groups in total. The van der Waals surface area contributed by atoms with Gasteiger partial charge in [-0.2, -0.15) is 0 Å². The molecule has 11 nitrogen and oxygen atoms in total. The third-order valence-electron chi connectivity index (χ3n) is 4.55. The number of aromatic nitrogens is 4. The summed E-state index contributed by atoms with van der Waals surface area (Å²) in [5.74, 6) is -1.57. The number of ketones is 1. The predicted molar refractivity (Wildman–Crippen MR) is 103 cm³/mol. The van der Waals surface area contributed by atoms with Crippen LogP contribution in [-0.4, -0.2) is 58.2 Å². The van der Waals surface area contributed by atoms with E-state index in [4.69, 9.17) is 30.2 Å². The first-order valence-corrected chi connectivity index (χ1v) is 9.76. The second-order valence-corrected chi connectivity index (χ2v) is 7.03. The molecular formula is C18H17ClFN5O6. The van der Waals surface area contributed by atoms with Gasteiger partial charge < -0.3 is 14.8 Å². The zero-order valence-corrected chi connectivity index (χ0v) is 16.8. The van der Waals surface area contributed by atoms with Crippen LogP contribution in [-0.2, 0) is 9.53 Å². The fourth-order valence-electron chi connectivity index (χ4n) is 3.02. The normalized spacial score (nSPS) is 16.4. The van der Waals surface area contributed by atoms with Crippen LogP contribution in [0.3, 0.4) is 0 Å². The first-order valence-electron chi connectivity index (χ1n) is 9.38. The largest absolute Gasteiger partial charge is 0.474 e. The Labute approximate surface area is 179 Å². The minimum atomic E-state index is -0.848. The monoisotopic (exact) mass is 453 g/mol. The number of rotatable bonds is 8. The van der Waals surface area contributed by atoms with Gasteiger partial charge >= 0.3 is 5.76 Å². The van der Waals surface area contributed by atoms with Crippen LogP contribution in [0.5, 0.6) is 5.88 Å². The Morgan fingerprint density at radius 2 is 2.23 bits per heavy atom. The maximum Gasteiger partial charge on any atom is 0.446 e. The van der Waals surface area contributed by atoms with Gasteiger partial charge in [0.05, 0.1) is 36.6 Å².